The predicted octanol–water partition coefficient (Wildman–Crippen LogP) is 4.31. The number of aryl methyl sites for hydroxylation is 1. The summed E-state index contributed by atoms with van der Waals surface area (Å²) in [6.45, 7) is 6.28. The molecule has 2 amide bonds. The number of anilines is 1. The Hall–Kier alpha value is -3.32. The van der Waals surface area contributed by atoms with E-state index in [2.05, 4.69) is 10.4 Å². The highest BCUT2D eigenvalue weighted by Gasteiger charge is 2.25. The molecule has 3 aromatic rings. The summed E-state index contributed by atoms with van der Waals surface area (Å²) in [6, 6.07) is 14.6. The van der Waals surface area contributed by atoms with E-state index in [0.29, 0.717) is 40.8 Å². The van der Waals surface area contributed by atoms with Crippen molar-refractivity contribution < 1.29 is 14.3 Å². The molecule has 0 fully saturated rings. The average Bonchev–Trinajstić information content (AvgIpc) is 3.06. The lowest BCUT2D eigenvalue weighted by Crippen LogP contribution is -2.38. The Bertz CT molecular complexity index is 1130. The lowest BCUT2D eigenvalue weighted by atomic mass is 10.1. The van der Waals surface area contributed by atoms with Crippen molar-refractivity contribution in [3.63, 3.8) is 0 Å². The summed E-state index contributed by atoms with van der Waals surface area (Å²) in [7, 11) is 1.56. The number of hydrogen-bond donors (Lipinski definition) is 1. The largest absolute Gasteiger partial charge is 0.497 e. The number of hydrogen-bond acceptors (Lipinski definition) is 4. The van der Waals surface area contributed by atoms with Gasteiger partial charge in [0.25, 0.3) is 5.91 Å². The Labute approximate surface area is 192 Å². The van der Waals surface area contributed by atoms with E-state index in [1.807, 2.05) is 38.1 Å². The third kappa shape index (κ3) is 5.29. The van der Waals surface area contributed by atoms with E-state index in [1.165, 1.54) is 4.90 Å². The van der Waals surface area contributed by atoms with Crippen LogP contribution in [0.25, 0.3) is 0 Å². The zero-order chi connectivity index (χ0) is 23.3. The van der Waals surface area contributed by atoms with E-state index < -0.39 is 0 Å². The number of likely N-dealkylation sites (N-methyl/N-ethyl adjacent to an activating group) is 1. The number of nitrogens with one attached hydrogen (secondary N) is 1. The van der Waals surface area contributed by atoms with E-state index in [0.717, 1.165) is 11.3 Å². The predicted molar refractivity (Wildman–Crippen MR) is 125 cm³/mol. The van der Waals surface area contributed by atoms with Crippen molar-refractivity contribution in [3.8, 4) is 5.75 Å². The number of carbonyl (C=O) groups excluding carboxylic acids is 2. The van der Waals surface area contributed by atoms with Gasteiger partial charge in [-0.05, 0) is 44.5 Å². The fraction of sp³-hybridized carbons (Fsp3) is 0.292. The highest BCUT2D eigenvalue weighted by molar-refractivity contribution is 6.31. The van der Waals surface area contributed by atoms with Gasteiger partial charge in [-0.15, -0.1) is 0 Å². The minimum Gasteiger partial charge on any atom is -0.497 e. The normalized spacial score (nSPS) is 10.7. The molecule has 1 heterocycles. The first-order valence-electron chi connectivity index (χ1n) is 10.3. The van der Waals surface area contributed by atoms with Crippen molar-refractivity contribution in [2.75, 3.05) is 25.5 Å². The van der Waals surface area contributed by atoms with Crippen LogP contribution in [0, 0.1) is 13.8 Å². The van der Waals surface area contributed by atoms with Gasteiger partial charge < -0.3 is 15.0 Å². The van der Waals surface area contributed by atoms with Crippen molar-refractivity contribution in [2.45, 2.75) is 27.3 Å². The van der Waals surface area contributed by atoms with Gasteiger partial charge in [0, 0.05) is 29.0 Å². The van der Waals surface area contributed by atoms with E-state index >= 15 is 0 Å². The Morgan fingerprint density at radius 2 is 1.91 bits per heavy atom. The Balaban J connectivity index is 1.75. The summed E-state index contributed by atoms with van der Waals surface area (Å²) in [4.78, 5) is 27.4. The molecule has 7 nitrogen and oxygen atoms in total. The molecule has 0 aliphatic carbocycles. The monoisotopic (exact) mass is 454 g/mol. The fourth-order valence-electron chi connectivity index (χ4n) is 3.51. The number of ether oxygens (including phenoxy) is 1. The SMILES string of the molecule is CCN(CC(=O)Nc1cccc(OC)c1)C(=O)c1c(C)nn(Cc2ccccc2Cl)c1C. The number of rotatable bonds is 8. The van der Waals surface area contributed by atoms with Crippen LogP contribution in [0.2, 0.25) is 5.02 Å². The highest BCUT2D eigenvalue weighted by atomic mass is 35.5. The second kappa shape index (κ2) is 10.3. The maximum Gasteiger partial charge on any atom is 0.258 e. The molecular weight excluding hydrogens is 428 g/mol. The van der Waals surface area contributed by atoms with Crippen molar-refractivity contribution >= 4 is 29.1 Å². The molecule has 0 atom stereocenters. The lowest BCUT2D eigenvalue weighted by molar-refractivity contribution is -0.116. The van der Waals surface area contributed by atoms with Crippen molar-refractivity contribution in [2.24, 2.45) is 0 Å². The Morgan fingerprint density at radius 3 is 2.59 bits per heavy atom. The van der Waals surface area contributed by atoms with Crippen LogP contribution in [0.4, 0.5) is 5.69 Å². The Morgan fingerprint density at radius 1 is 1.16 bits per heavy atom. The second-order valence-corrected chi connectivity index (χ2v) is 7.80. The Kier molecular flexibility index (Phi) is 7.53. The number of methoxy groups -OCH3 is 1. The third-order valence-electron chi connectivity index (χ3n) is 5.23. The quantitative estimate of drug-likeness (QED) is 0.550. The molecule has 8 heteroatoms. The number of benzene rings is 2. The third-order valence-corrected chi connectivity index (χ3v) is 5.60. The molecule has 0 saturated heterocycles. The first-order valence-corrected chi connectivity index (χ1v) is 10.7. The molecule has 0 spiro atoms. The highest BCUT2D eigenvalue weighted by Crippen LogP contribution is 2.21. The first-order chi connectivity index (χ1) is 15.3. The number of halogens is 1. The number of amides is 2. The molecule has 1 aromatic heterocycles. The molecular formula is C24H27ClN4O3. The number of carbonyl (C=O) groups is 2. The van der Waals surface area contributed by atoms with Gasteiger partial charge in [-0.1, -0.05) is 35.9 Å². The minimum absolute atomic E-state index is 0.0683. The van der Waals surface area contributed by atoms with E-state index in [1.54, 1.807) is 43.0 Å². The van der Waals surface area contributed by atoms with Crippen LogP contribution in [0.5, 0.6) is 5.75 Å². The van der Waals surface area contributed by atoms with Gasteiger partial charge in [-0.2, -0.15) is 5.10 Å². The van der Waals surface area contributed by atoms with E-state index in [4.69, 9.17) is 16.3 Å². The fourth-order valence-corrected chi connectivity index (χ4v) is 3.70. The maximum atomic E-state index is 13.3. The summed E-state index contributed by atoms with van der Waals surface area (Å²) in [5, 5.41) is 8.01. The van der Waals surface area contributed by atoms with Crippen molar-refractivity contribution in [1.82, 2.24) is 14.7 Å². The average molecular weight is 455 g/mol. The zero-order valence-electron chi connectivity index (χ0n) is 18.7. The standard InChI is InChI=1S/C24H27ClN4O3/c1-5-28(15-22(30)26-19-10-8-11-20(13-19)32-4)24(31)23-16(2)27-29(17(23)3)14-18-9-6-7-12-21(18)25/h6-13H,5,14-15H2,1-4H3,(H,26,30). The van der Waals surface area contributed by atoms with E-state index in [9.17, 15) is 9.59 Å². The first kappa shape index (κ1) is 23.3. The van der Waals surface area contributed by atoms with Crippen LogP contribution in [0.3, 0.4) is 0 Å². The molecule has 0 radical (unpaired) electrons. The molecule has 0 aliphatic rings. The molecule has 0 unspecified atom stereocenters. The molecule has 2 aromatic carbocycles. The topological polar surface area (TPSA) is 76.5 Å². The summed E-state index contributed by atoms with van der Waals surface area (Å²) < 4.78 is 6.95. The van der Waals surface area contributed by atoms with Crippen LogP contribution in [0.15, 0.2) is 48.5 Å². The lowest BCUT2D eigenvalue weighted by Gasteiger charge is -2.21. The van der Waals surface area contributed by atoms with Gasteiger partial charge in [0.15, 0.2) is 0 Å². The van der Waals surface area contributed by atoms with Crippen LogP contribution in [-0.2, 0) is 11.3 Å². The maximum absolute atomic E-state index is 13.3. The van der Waals surface area contributed by atoms with Crippen LogP contribution in [0.1, 0.15) is 34.2 Å². The zero-order valence-corrected chi connectivity index (χ0v) is 19.4. The van der Waals surface area contributed by atoms with Gasteiger partial charge in [0.2, 0.25) is 5.91 Å². The molecule has 1 N–H and O–H groups in total. The summed E-state index contributed by atoms with van der Waals surface area (Å²) in [6.07, 6.45) is 0. The van der Waals surface area contributed by atoms with Crippen molar-refractivity contribution in [1.29, 1.82) is 0 Å². The molecule has 32 heavy (non-hydrogen) atoms. The van der Waals surface area contributed by atoms with Gasteiger partial charge >= 0.3 is 0 Å². The van der Waals surface area contributed by atoms with E-state index in [-0.39, 0.29) is 18.4 Å². The van der Waals surface area contributed by atoms with Crippen LogP contribution >= 0.6 is 11.6 Å². The van der Waals surface area contributed by atoms with Crippen LogP contribution < -0.4 is 10.1 Å². The molecule has 0 aliphatic heterocycles. The minimum atomic E-state index is -0.285. The van der Waals surface area contributed by atoms with Gasteiger partial charge in [-0.25, -0.2) is 0 Å². The molecule has 0 bridgehead atoms. The smallest absolute Gasteiger partial charge is 0.258 e. The second-order valence-electron chi connectivity index (χ2n) is 7.39. The number of nitrogens with zero attached hydrogens (tertiary/aromatic N) is 3. The van der Waals surface area contributed by atoms with Crippen molar-refractivity contribution in [3.05, 3.63) is 76.1 Å². The van der Waals surface area contributed by atoms with Gasteiger partial charge in [0.05, 0.1) is 24.9 Å². The van der Waals surface area contributed by atoms with Gasteiger partial charge in [-0.3, -0.25) is 14.3 Å². The summed E-state index contributed by atoms with van der Waals surface area (Å²) in [5.41, 5.74) is 3.39. The van der Waals surface area contributed by atoms with Crippen LogP contribution in [-0.4, -0.2) is 46.7 Å². The van der Waals surface area contributed by atoms with Gasteiger partial charge in [0.1, 0.15) is 12.3 Å². The number of aromatic nitrogens is 2. The molecule has 0 saturated carbocycles. The summed E-state index contributed by atoms with van der Waals surface area (Å²) in [5.74, 6) is 0.129. The molecule has 168 valence electrons. The molecule has 3 rings (SSSR count). The summed E-state index contributed by atoms with van der Waals surface area (Å²) >= 11 is 6.28.